The second-order valence-corrected chi connectivity index (χ2v) is 8.15. The van der Waals surface area contributed by atoms with Crippen molar-refractivity contribution in [1.82, 2.24) is 9.29 Å². The van der Waals surface area contributed by atoms with Crippen LogP contribution in [0.2, 0.25) is 0 Å². The van der Waals surface area contributed by atoms with Crippen molar-refractivity contribution in [1.29, 1.82) is 0 Å². The first kappa shape index (κ1) is 14.2. The van der Waals surface area contributed by atoms with Crippen LogP contribution in [0.4, 0.5) is 5.13 Å². The van der Waals surface area contributed by atoms with Gasteiger partial charge in [-0.3, -0.25) is 0 Å². The molecule has 1 saturated heterocycles. The predicted molar refractivity (Wildman–Crippen MR) is 78.1 cm³/mol. The summed E-state index contributed by atoms with van der Waals surface area (Å²) in [6.45, 7) is 0.936. The molecule has 0 bridgehead atoms. The van der Waals surface area contributed by atoms with Crippen LogP contribution in [0.3, 0.4) is 0 Å². The van der Waals surface area contributed by atoms with E-state index in [1.807, 2.05) is 0 Å². The first-order valence-corrected chi connectivity index (χ1v) is 9.21. The second-order valence-electron chi connectivity index (χ2n) is 5.40. The van der Waals surface area contributed by atoms with E-state index in [9.17, 15) is 13.5 Å². The van der Waals surface area contributed by atoms with E-state index in [4.69, 9.17) is 0 Å². The molecule has 1 atom stereocenters. The maximum Gasteiger partial charge on any atom is 0.303 e. The highest BCUT2D eigenvalue weighted by molar-refractivity contribution is 7.90. The Morgan fingerprint density at radius 3 is 3.00 bits per heavy atom. The molecule has 0 aromatic carbocycles. The van der Waals surface area contributed by atoms with Crippen molar-refractivity contribution >= 4 is 26.7 Å². The van der Waals surface area contributed by atoms with E-state index in [1.54, 1.807) is 0 Å². The Morgan fingerprint density at radius 2 is 2.25 bits per heavy atom. The molecule has 112 valence electrons. The van der Waals surface area contributed by atoms with Gasteiger partial charge in [-0.2, -0.15) is 12.7 Å². The summed E-state index contributed by atoms with van der Waals surface area (Å²) in [5, 5.41) is 9.66. The van der Waals surface area contributed by atoms with Crippen LogP contribution in [0.5, 0.6) is 0 Å². The molecule has 1 aromatic rings. The summed E-state index contributed by atoms with van der Waals surface area (Å²) in [5.41, 5.74) is 1.04. The quantitative estimate of drug-likeness (QED) is 0.868. The lowest BCUT2D eigenvalue weighted by atomic mass is 10.0. The number of hydrogen-bond donors (Lipinski definition) is 2. The molecule has 0 spiro atoms. The van der Waals surface area contributed by atoms with Crippen LogP contribution in [0, 0.1) is 5.92 Å². The minimum absolute atomic E-state index is 0.0393. The van der Waals surface area contributed by atoms with Crippen LogP contribution in [0.25, 0.3) is 0 Å². The average molecular weight is 317 g/mol. The summed E-state index contributed by atoms with van der Waals surface area (Å²) < 4.78 is 28.7. The molecule has 20 heavy (non-hydrogen) atoms. The summed E-state index contributed by atoms with van der Waals surface area (Å²) in [6, 6.07) is 0. The molecule has 1 aromatic heterocycles. The van der Waals surface area contributed by atoms with Gasteiger partial charge in [-0.1, -0.05) is 0 Å². The molecule has 2 aliphatic rings. The topological polar surface area (TPSA) is 82.5 Å². The number of aryl methyl sites for hydroxylation is 2. The van der Waals surface area contributed by atoms with Gasteiger partial charge in [0.1, 0.15) is 0 Å². The van der Waals surface area contributed by atoms with E-state index in [1.165, 1.54) is 20.5 Å². The van der Waals surface area contributed by atoms with Crippen LogP contribution in [-0.2, 0) is 23.1 Å². The van der Waals surface area contributed by atoms with Gasteiger partial charge in [-0.05, 0) is 38.0 Å². The molecule has 0 saturated carbocycles. The number of rotatable bonds is 4. The van der Waals surface area contributed by atoms with Crippen LogP contribution in [-0.4, -0.2) is 42.5 Å². The zero-order valence-corrected chi connectivity index (χ0v) is 12.8. The number of piperidine rings is 1. The number of nitrogens with zero attached hydrogens (tertiary/aromatic N) is 2. The van der Waals surface area contributed by atoms with Crippen molar-refractivity contribution in [3.8, 4) is 0 Å². The van der Waals surface area contributed by atoms with Crippen molar-refractivity contribution < 1.29 is 13.5 Å². The van der Waals surface area contributed by atoms with Crippen LogP contribution >= 0.6 is 11.3 Å². The van der Waals surface area contributed by atoms with Gasteiger partial charge < -0.3 is 5.11 Å². The van der Waals surface area contributed by atoms with Gasteiger partial charge in [0.15, 0.2) is 5.13 Å². The first-order chi connectivity index (χ1) is 9.58. The van der Waals surface area contributed by atoms with Gasteiger partial charge in [0, 0.05) is 24.6 Å². The minimum Gasteiger partial charge on any atom is -0.396 e. The number of anilines is 1. The molecule has 0 amide bonds. The molecule has 1 aliphatic carbocycles. The highest BCUT2D eigenvalue weighted by Gasteiger charge is 2.29. The van der Waals surface area contributed by atoms with E-state index >= 15 is 0 Å². The number of thiazole rings is 1. The molecule has 1 aliphatic heterocycles. The fourth-order valence-electron chi connectivity index (χ4n) is 2.80. The Bertz CT molecular complexity index is 563. The Labute approximate surface area is 123 Å². The third-order valence-corrected chi connectivity index (χ3v) is 6.56. The SMILES string of the molecule is O=S(=O)(Nc1nc2c(s1)CCC2)N1CCCC(CO)C1. The number of aliphatic hydroxyl groups excluding tert-OH is 1. The Balaban J connectivity index is 1.71. The van der Waals surface area contributed by atoms with Crippen molar-refractivity contribution in [3.63, 3.8) is 0 Å². The summed E-state index contributed by atoms with van der Waals surface area (Å²) in [4.78, 5) is 5.57. The number of fused-ring (bicyclic) bond motifs is 1. The van der Waals surface area contributed by atoms with Crippen LogP contribution < -0.4 is 4.72 Å². The van der Waals surface area contributed by atoms with E-state index < -0.39 is 10.2 Å². The molecule has 6 nitrogen and oxygen atoms in total. The third kappa shape index (κ3) is 2.83. The molecule has 0 radical (unpaired) electrons. The van der Waals surface area contributed by atoms with Gasteiger partial charge in [0.05, 0.1) is 5.69 Å². The minimum atomic E-state index is -3.55. The highest BCUT2D eigenvalue weighted by atomic mass is 32.2. The molecule has 3 rings (SSSR count). The van der Waals surface area contributed by atoms with E-state index in [0.717, 1.165) is 37.8 Å². The van der Waals surface area contributed by atoms with Crippen LogP contribution in [0.1, 0.15) is 29.8 Å². The lowest BCUT2D eigenvalue weighted by Gasteiger charge is -2.30. The first-order valence-electron chi connectivity index (χ1n) is 6.96. The number of aromatic nitrogens is 1. The smallest absolute Gasteiger partial charge is 0.303 e. The molecular weight excluding hydrogens is 298 g/mol. The lowest BCUT2D eigenvalue weighted by molar-refractivity contribution is 0.166. The predicted octanol–water partition coefficient (Wildman–Crippen LogP) is 0.993. The van der Waals surface area contributed by atoms with E-state index in [2.05, 4.69) is 9.71 Å². The average Bonchev–Trinajstić information content (AvgIpc) is 2.99. The van der Waals surface area contributed by atoms with Crippen molar-refractivity contribution in [2.24, 2.45) is 5.92 Å². The number of aliphatic hydroxyl groups is 1. The van der Waals surface area contributed by atoms with Gasteiger partial charge in [-0.15, -0.1) is 11.3 Å². The van der Waals surface area contributed by atoms with Gasteiger partial charge in [0.25, 0.3) is 0 Å². The van der Waals surface area contributed by atoms with E-state index in [-0.39, 0.29) is 12.5 Å². The molecule has 2 heterocycles. The maximum atomic E-state index is 12.3. The molecule has 1 unspecified atom stereocenters. The number of nitrogens with one attached hydrogen (secondary N) is 1. The largest absolute Gasteiger partial charge is 0.396 e. The normalized spacial score (nSPS) is 23.8. The Morgan fingerprint density at radius 1 is 1.40 bits per heavy atom. The molecule has 2 N–H and O–H groups in total. The Kier molecular flexibility index (Phi) is 3.98. The van der Waals surface area contributed by atoms with Gasteiger partial charge >= 0.3 is 10.2 Å². The van der Waals surface area contributed by atoms with E-state index in [0.29, 0.717) is 18.2 Å². The van der Waals surface area contributed by atoms with Crippen molar-refractivity contribution in [2.75, 3.05) is 24.4 Å². The monoisotopic (exact) mass is 317 g/mol. The standard InChI is InChI=1S/C12H19N3O3S2/c16-8-9-3-2-6-15(7-9)20(17,18)14-12-13-10-4-1-5-11(10)19-12/h9,16H,1-8H2,(H,13,14). The van der Waals surface area contributed by atoms with Crippen molar-refractivity contribution in [3.05, 3.63) is 10.6 Å². The summed E-state index contributed by atoms with van der Waals surface area (Å²) in [7, 11) is -3.55. The van der Waals surface area contributed by atoms with Crippen molar-refractivity contribution in [2.45, 2.75) is 32.1 Å². The zero-order valence-electron chi connectivity index (χ0n) is 11.2. The number of hydrogen-bond acceptors (Lipinski definition) is 5. The fourth-order valence-corrected chi connectivity index (χ4v) is 5.36. The third-order valence-electron chi connectivity index (χ3n) is 3.89. The summed E-state index contributed by atoms with van der Waals surface area (Å²) >= 11 is 1.44. The highest BCUT2D eigenvalue weighted by Crippen LogP contribution is 2.31. The zero-order chi connectivity index (χ0) is 14.2. The van der Waals surface area contributed by atoms with Crippen LogP contribution in [0.15, 0.2) is 0 Å². The Hall–Kier alpha value is -0.700. The maximum absolute atomic E-state index is 12.3. The molecule has 8 heteroatoms. The molecule has 1 fully saturated rings. The second kappa shape index (κ2) is 5.59. The lowest BCUT2D eigenvalue weighted by Crippen LogP contribution is -2.43. The van der Waals surface area contributed by atoms with Gasteiger partial charge in [-0.25, -0.2) is 9.71 Å². The van der Waals surface area contributed by atoms with Gasteiger partial charge in [0.2, 0.25) is 0 Å². The molecular formula is C12H19N3O3S2. The summed E-state index contributed by atoms with van der Waals surface area (Å²) in [6.07, 6.45) is 4.75. The fraction of sp³-hybridized carbons (Fsp3) is 0.750. The summed E-state index contributed by atoms with van der Waals surface area (Å²) in [5.74, 6) is 0.0432.